The van der Waals surface area contributed by atoms with Crippen molar-refractivity contribution in [2.24, 2.45) is 5.92 Å². The summed E-state index contributed by atoms with van der Waals surface area (Å²) in [4.78, 5) is 17.2. The quantitative estimate of drug-likeness (QED) is 0.181. The van der Waals surface area contributed by atoms with Gasteiger partial charge in [0.25, 0.3) is 0 Å². The average molecular weight is 484 g/mol. The van der Waals surface area contributed by atoms with Crippen molar-refractivity contribution in [3.8, 4) is 0 Å². The topological polar surface area (TPSA) is 46.9 Å². The Bertz CT molecular complexity index is 809. The zero-order valence-electron chi connectivity index (χ0n) is 23.1. The van der Waals surface area contributed by atoms with Gasteiger partial charge in [0.05, 0.1) is 11.0 Å². The maximum atomic E-state index is 12.3. The van der Waals surface area contributed by atoms with Crippen LogP contribution in [0, 0.1) is 5.92 Å². The molecule has 0 aliphatic heterocycles. The summed E-state index contributed by atoms with van der Waals surface area (Å²) in [6.45, 7) is 8.15. The number of imidazole rings is 1. The summed E-state index contributed by atoms with van der Waals surface area (Å²) in [5.74, 6) is 1.42. The summed E-state index contributed by atoms with van der Waals surface area (Å²) in [7, 11) is 0. The summed E-state index contributed by atoms with van der Waals surface area (Å²) >= 11 is 0. The molecule has 0 fully saturated rings. The molecule has 0 radical (unpaired) electrons. The molecule has 1 heterocycles. The molecule has 2 rings (SSSR count). The molecule has 0 saturated carbocycles. The fraction of sp³-hybridized carbons (Fsp3) is 0.742. The van der Waals surface area contributed by atoms with Gasteiger partial charge < -0.3 is 9.88 Å². The molecule has 198 valence electrons. The van der Waals surface area contributed by atoms with E-state index in [1.807, 2.05) is 0 Å². The Kier molecular flexibility index (Phi) is 15.5. The Balaban J connectivity index is 1.64. The molecule has 1 N–H and O–H groups in total. The van der Waals surface area contributed by atoms with Crippen LogP contribution in [0.3, 0.4) is 0 Å². The van der Waals surface area contributed by atoms with Crippen LogP contribution in [-0.4, -0.2) is 22.0 Å². The van der Waals surface area contributed by atoms with Gasteiger partial charge in [0, 0.05) is 25.4 Å². The van der Waals surface area contributed by atoms with Crippen LogP contribution in [0.5, 0.6) is 0 Å². The number of hydrogen-bond donors (Lipinski definition) is 1. The zero-order valence-corrected chi connectivity index (χ0v) is 23.1. The van der Waals surface area contributed by atoms with Gasteiger partial charge >= 0.3 is 0 Å². The summed E-state index contributed by atoms with van der Waals surface area (Å²) in [6.07, 6.45) is 22.0. The van der Waals surface area contributed by atoms with Crippen molar-refractivity contribution >= 4 is 16.9 Å². The van der Waals surface area contributed by atoms with E-state index in [1.165, 1.54) is 95.4 Å². The van der Waals surface area contributed by atoms with Gasteiger partial charge in [-0.25, -0.2) is 4.98 Å². The molecular formula is C31H53N3O. The normalized spacial score (nSPS) is 11.5. The number of fused-ring (bicyclic) bond motifs is 1. The molecular weight excluding hydrogens is 430 g/mol. The van der Waals surface area contributed by atoms with Crippen molar-refractivity contribution in [3.63, 3.8) is 0 Å². The fourth-order valence-corrected chi connectivity index (χ4v) is 5.13. The van der Waals surface area contributed by atoms with Crippen LogP contribution < -0.4 is 5.32 Å². The second kappa shape index (κ2) is 18.4. The first-order valence-corrected chi connectivity index (χ1v) is 14.9. The maximum Gasteiger partial charge on any atom is 0.223 e. The summed E-state index contributed by atoms with van der Waals surface area (Å²) < 4.78 is 2.39. The van der Waals surface area contributed by atoms with E-state index >= 15 is 0 Å². The highest BCUT2D eigenvalue weighted by atomic mass is 16.1. The van der Waals surface area contributed by atoms with Crippen molar-refractivity contribution in [2.75, 3.05) is 6.54 Å². The predicted octanol–water partition coefficient (Wildman–Crippen LogP) is 8.61. The van der Waals surface area contributed by atoms with Crippen LogP contribution in [0.4, 0.5) is 0 Å². The lowest BCUT2D eigenvalue weighted by Crippen LogP contribution is -2.32. The Morgan fingerprint density at radius 3 is 1.91 bits per heavy atom. The second-order valence-electron chi connectivity index (χ2n) is 10.3. The number of amides is 1. The number of carbonyl (C=O) groups excluding carboxylic acids is 1. The molecule has 4 heteroatoms. The molecule has 0 unspecified atom stereocenters. The monoisotopic (exact) mass is 483 g/mol. The summed E-state index contributed by atoms with van der Waals surface area (Å²) in [5.41, 5.74) is 2.29. The van der Waals surface area contributed by atoms with Gasteiger partial charge in [-0.05, 0) is 31.4 Å². The predicted molar refractivity (Wildman–Crippen MR) is 151 cm³/mol. The molecule has 1 aromatic heterocycles. The summed E-state index contributed by atoms with van der Waals surface area (Å²) in [6, 6.07) is 8.44. The van der Waals surface area contributed by atoms with Crippen LogP contribution >= 0.6 is 0 Å². The molecule has 0 aliphatic carbocycles. The lowest BCUT2D eigenvalue weighted by molar-refractivity contribution is -0.125. The van der Waals surface area contributed by atoms with Crippen molar-refractivity contribution in [2.45, 2.75) is 136 Å². The number of para-hydroxylation sites is 2. The molecule has 0 saturated heterocycles. The first-order valence-electron chi connectivity index (χ1n) is 14.9. The minimum absolute atomic E-state index is 0.129. The molecule has 1 aromatic carbocycles. The van der Waals surface area contributed by atoms with Crippen molar-refractivity contribution in [1.29, 1.82) is 0 Å². The SMILES string of the molecule is CCCCCCCCCCCCCCCCn1c(CCNC(=O)C(CC)CC)nc2ccccc21. The highest BCUT2D eigenvalue weighted by molar-refractivity contribution is 5.78. The van der Waals surface area contributed by atoms with Crippen LogP contribution in [0.25, 0.3) is 11.0 Å². The van der Waals surface area contributed by atoms with E-state index in [0.717, 1.165) is 37.1 Å². The molecule has 0 aliphatic rings. The highest BCUT2D eigenvalue weighted by Crippen LogP contribution is 2.19. The van der Waals surface area contributed by atoms with Gasteiger partial charge in [-0.2, -0.15) is 0 Å². The van der Waals surface area contributed by atoms with Gasteiger partial charge in [-0.15, -0.1) is 0 Å². The third-order valence-electron chi connectivity index (χ3n) is 7.47. The van der Waals surface area contributed by atoms with Crippen LogP contribution in [-0.2, 0) is 17.8 Å². The van der Waals surface area contributed by atoms with Crippen LogP contribution in [0.2, 0.25) is 0 Å². The number of nitrogens with one attached hydrogen (secondary N) is 1. The van der Waals surface area contributed by atoms with E-state index in [0.29, 0.717) is 6.54 Å². The van der Waals surface area contributed by atoms with Gasteiger partial charge in [-0.3, -0.25) is 4.79 Å². The average Bonchev–Trinajstić information content (AvgIpc) is 3.22. The minimum Gasteiger partial charge on any atom is -0.355 e. The zero-order chi connectivity index (χ0) is 25.1. The number of rotatable bonds is 21. The third kappa shape index (κ3) is 11.2. The number of benzene rings is 1. The molecule has 0 bridgehead atoms. The number of aromatic nitrogens is 2. The van der Waals surface area contributed by atoms with Gasteiger partial charge in [0.2, 0.25) is 5.91 Å². The maximum absolute atomic E-state index is 12.3. The van der Waals surface area contributed by atoms with E-state index in [-0.39, 0.29) is 11.8 Å². The fourth-order valence-electron chi connectivity index (χ4n) is 5.13. The largest absolute Gasteiger partial charge is 0.355 e. The molecule has 35 heavy (non-hydrogen) atoms. The lowest BCUT2D eigenvalue weighted by Gasteiger charge is -2.13. The van der Waals surface area contributed by atoms with Gasteiger partial charge in [0.1, 0.15) is 5.82 Å². The Morgan fingerprint density at radius 1 is 0.800 bits per heavy atom. The van der Waals surface area contributed by atoms with E-state index in [1.54, 1.807) is 0 Å². The molecule has 1 amide bonds. The van der Waals surface area contributed by atoms with Crippen molar-refractivity contribution in [1.82, 2.24) is 14.9 Å². The number of hydrogen-bond acceptors (Lipinski definition) is 2. The molecule has 2 aromatic rings. The minimum atomic E-state index is 0.129. The number of unbranched alkanes of at least 4 members (excludes halogenated alkanes) is 13. The Labute approximate surface area is 215 Å². The van der Waals surface area contributed by atoms with E-state index in [9.17, 15) is 4.79 Å². The van der Waals surface area contributed by atoms with Crippen LogP contribution in [0.15, 0.2) is 24.3 Å². The summed E-state index contributed by atoms with van der Waals surface area (Å²) in [5, 5.41) is 3.13. The second-order valence-corrected chi connectivity index (χ2v) is 10.3. The van der Waals surface area contributed by atoms with Gasteiger partial charge in [-0.1, -0.05) is 116 Å². The Hall–Kier alpha value is -1.84. The Morgan fingerprint density at radius 2 is 1.34 bits per heavy atom. The molecule has 0 spiro atoms. The standard InChI is InChI=1S/C31H53N3O/c1-4-7-8-9-10-11-12-13-14-15-16-17-18-21-26-34-29-23-20-19-22-28(29)33-30(34)24-25-32-31(35)27(5-2)6-3/h19-20,22-23,27H,4-18,21,24-26H2,1-3H3,(H,32,35). The van der Waals surface area contributed by atoms with Crippen molar-refractivity contribution < 1.29 is 4.79 Å². The number of aryl methyl sites for hydroxylation is 1. The first kappa shape index (κ1) is 29.4. The lowest BCUT2D eigenvalue weighted by atomic mass is 10.0. The van der Waals surface area contributed by atoms with Crippen molar-refractivity contribution in [3.05, 3.63) is 30.1 Å². The van der Waals surface area contributed by atoms with Crippen LogP contribution in [0.1, 0.15) is 129 Å². The third-order valence-corrected chi connectivity index (χ3v) is 7.47. The first-order chi connectivity index (χ1) is 17.2. The van der Waals surface area contributed by atoms with E-state index < -0.39 is 0 Å². The molecule has 4 nitrogen and oxygen atoms in total. The highest BCUT2D eigenvalue weighted by Gasteiger charge is 2.15. The van der Waals surface area contributed by atoms with E-state index in [4.69, 9.17) is 4.98 Å². The smallest absolute Gasteiger partial charge is 0.223 e. The van der Waals surface area contributed by atoms with E-state index in [2.05, 4.69) is 54.9 Å². The number of nitrogens with zero attached hydrogens (tertiary/aromatic N) is 2. The molecule has 0 atom stereocenters. The number of carbonyl (C=O) groups is 1. The van der Waals surface area contributed by atoms with Gasteiger partial charge in [0.15, 0.2) is 0 Å².